The van der Waals surface area contributed by atoms with Gasteiger partial charge >= 0.3 is 0 Å². The van der Waals surface area contributed by atoms with Crippen LogP contribution in [-0.4, -0.2) is 0 Å². The first kappa shape index (κ1) is 10.5. The number of hydrogen-bond donors (Lipinski definition) is 0. The summed E-state index contributed by atoms with van der Waals surface area (Å²) < 4.78 is 27.3. The van der Waals surface area contributed by atoms with Crippen LogP contribution in [-0.2, 0) is 0 Å². The maximum absolute atomic E-state index is 12.8. The van der Waals surface area contributed by atoms with Crippen molar-refractivity contribution < 1.29 is 8.78 Å². The Kier molecular flexibility index (Phi) is 2.91. The van der Waals surface area contributed by atoms with E-state index in [4.69, 9.17) is 0 Å². The van der Waals surface area contributed by atoms with Crippen LogP contribution in [0.4, 0.5) is 8.78 Å². The summed E-state index contributed by atoms with van der Waals surface area (Å²) in [6.07, 6.45) is -2.46. The maximum Gasteiger partial charge on any atom is 0.266 e. The zero-order valence-corrected chi connectivity index (χ0v) is 10.7. The highest BCUT2D eigenvalue weighted by Gasteiger charge is 2.18. The van der Waals surface area contributed by atoms with Crippen molar-refractivity contribution in [2.24, 2.45) is 0 Å². The number of benzene rings is 1. The molecule has 2 rings (SSSR count). The fourth-order valence-electron chi connectivity index (χ4n) is 1.27. The van der Waals surface area contributed by atoms with Crippen LogP contribution < -0.4 is 0 Å². The third kappa shape index (κ3) is 1.61. The molecule has 14 heavy (non-hydrogen) atoms. The van der Waals surface area contributed by atoms with Crippen LogP contribution in [0.2, 0.25) is 0 Å². The second kappa shape index (κ2) is 3.87. The van der Waals surface area contributed by atoms with Gasteiger partial charge in [-0.05, 0) is 54.8 Å². The van der Waals surface area contributed by atoms with Crippen molar-refractivity contribution in [1.29, 1.82) is 0 Å². The van der Waals surface area contributed by atoms with Gasteiger partial charge in [-0.1, -0.05) is 0 Å². The van der Waals surface area contributed by atoms with Crippen molar-refractivity contribution in [3.8, 4) is 0 Å². The Morgan fingerprint density at radius 1 is 1.29 bits per heavy atom. The molecule has 0 nitrogen and oxygen atoms in total. The van der Waals surface area contributed by atoms with Crippen LogP contribution in [0.15, 0.2) is 26.5 Å². The van der Waals surface area contributed by atoms with Crippen LogP contribution in [0.5, 0.6) is 0 Å². The maximum atomic E-state index is 12.8. The highest BCUT2D eigenvalue weighted by Crippen LogP contribution is 2.41. The van der Waals surface area contributed by atoms with Gasteiger partial charge in [0.1, 0.15) is 0 Å². The summed E-state index contributed by atoms with van der Waals surface area (Å²) in [5, 5.41) is 2.66. The van der Waals surface area contributed by atoms with E-state index in [-0.39, 0.29) is 5.56 Å². The molecule has 74 valence electrons. The van der Waals surface area contributed by atoms with Gasteiger partial charge in [-0.2, -0.15) is 0 Å². The molecule has 0 aliphatic rings. The average molecular weight is 342 g/mol. The van der Waals surface area contributed by atoms with Crippen molar-refractivity contribution >= 4 is 53.3 Å². The summed E-state index contributed by atoms with van der Waals surface area (Å²) in [5.41, 5.74) is 0.0735. The number of thiophene rings is 1. The summed E-state index contributed by atoms with van der Waals surface area (Å²) in [7, 11) is 0. The lowest BCUT2D eigenvalue weighted by atomic mass is 10.2. The highest BCUT2D eigenvalue weighted by molar-refractivity contribution is 9.13. The Morgan fingerprint density at radius 2 is 2.00 bits per heavy atom. The summed E-state index contributed by atoms with van der Waals surface area (Å²) >= 11 is 7.75. The summed E-state index contributed by atoms with van der Waals surface area (Å²) in [6, 6.07) is 3.67. The van der Waals surface area contributed by atoms with Crippen LogP contribution in [0.3, 0.4) is 0 Å². The van der Waals surface area contributed by atoms with Crippen molar-refractivity contribution in [2.45, 2.75) is 6.43 Å². The van der Waals surface area contributed by atoms with Crippen LogP contribution in [0.1, 0.15) is 12.0 Å². The largest absolute Gasteiger partial charge is 0.266 e. The molecule has 0 N–H and O–H groups in total. The first-order chi connectivity index (χ1) is 6.61. The van der Waals surface area contributed by atoms with Crippen LogP contribution in [0.25, 0.3) is 10.1 Å². The molecule has 0 saturated heterocycles. The molecule has 0 atom stereocenters. The molecule has 2 aromatic rings. The van der Waals surface area contributed by atoms with Crippen molar-refractivity contribution in [3.05, 3.63) is 32.0 Å². The van der Waals surface area contributed by atoms with Gasteiger partial charge in [0.2, 0.25) is 0 Å². The van der Waals surface area contributed by atoms with E-state index in [2.05, 4.69) is 31.9 Å². The van der Waals surface area contributed by atoms with E-state index in [1.807, 2.05) is 17.5 Å². The van der Waals surface area contributed by atoms with Gasteiger partial charge in [0.15, 0.2) is 0 Å². The number of fused-ring (bicyclic) bond motifs is 1. The molecular weight excluding hydrogens is 338 g/mol. The van der Waals surface area contributed by atoms with Gasteiger partial charge < -0.3 is 0 Å². The third-order valence-corrected chi connectivity index (χ3v) is 4.86. The predicted molar refractivity (Wildman–Crippen MR) is 62.2 cm³/mol. The van der Waals surface area contributed by atoms with Crippen LogP contribution in [0, 0.1) is 0 Å². The molecule has 0 saturated carbocycles. The van der Waals surface area contributed by atoms with Crippen LogP contribution >= 0.6 is 43.2 Å². The number of hydrogen-bond acceptors (Lipinski definition) is 1. The molecule has 0 radical (unpaired) electrons. The normalized spacial score (nSPS) is 11.5. The van der Waals surface area contributed by atoms with Gasteiger partial charge in [0, 0.05) is 13.6 Å². The smallest absolute Gasteiger partial charge is 0.205 e. The van der Waals surface area contributed by atoms with Gasteiger partial charge in [0.25, 0.3) is 6.43 Å². The SMILES string of the molecule is FC(F)c1c(Br)c(Br)cc2ccsc12. The van der Waals surface area contributed by atoms with Crippen molar-refractivity contribution in [1.82, 2.24) is 0 Å². The van der Waals surface area contributed by atoms with E-state index >= 15 is 0 Å². The molecule has 0 unspecified atom stereocenters. The second-order valence-corrected chi connectivity index (χ2v) is 5.29. The second-order valence-electron chi connectivity index (χ2n) is 2.73. The zero-order chi connectivity index (χ0) is 10.3. The molecule has 0 aliphatic carbocycles. The molecule has 1 aromatic heterocycles. The minimum atomic E-state index is -2.46. The Labute approximate surface area is 100 Å². The van der Waals surface area contributed by atoms with Gasteiger partial charge in [0.05, 0.1) is 5.56 Å². The molecule has 0 spiro atoms. The van der Waals surface area contributed by atoms with Gasteiger partial charge in [-0.3, -0.25) is 0 Å². The lowest BCUT2D eigenvalue weighted by molar-refractivity contribution is 0.152. The number of rotatable bonds is 1. The predicted octanol–water partition coefficient (Wildman–Crippen LogP) is 5.36. The summed E-state index contributed by atoms with van der Waals surface area (Å²) in [4.78, 5) is 0. The first-order valence-corrected chi connectivity index (χ1v) is 6.21. The average Bonchev–Trinajstić information content (AvgIpc) is 2.52. The molecule has 0 fully saturated rings. The Morgan fingerprint density at radius 3 is 2.64 bits per heavy atom. The standard InChI is InChI=1S/C9H4Br2F2S/c10-5-3-4-1-2-14-8(4)6(7(5)11)9(12)13/h1-3,9H. The molecular formula is C9H4Br2F2S. The number of halogens is 4. The highest BCUT2D eigenvalue weighted by atomic mass is 79.9. The van der Waals surface area contributed by atoms with E-state index < -0.39 is 6.43 Å². The van der Waals surface area contributed by atoms with E-state index in [1.165, 1.54) is 11.3 Å². The Balaban J connectivity index is 2.86. The van der Waals surface area contributed by atoms with E-state index in [1.54, 1.807) is 0 Å². The summed E-state index contributed by atoms with van der Waals surface area (Å²) in [6.45, 7) is 0. The quantitative estimate of drug-likeness (QED) is 0.654. The zero-order valence-electron chi connectivity index (χ0n) is 6.73. The Bertz CT molecular complexity index is 479. The minimum Gasteiger partial charge on any atom is -0.205 e. The van der Waals surface area contributed by atoms with Gasteiger partial charge in [-0.25, -0.2) is 8.78 Å². The minimum absolute atomic E-state index is 0.0735. The fourth-order valence-corrected chi connectivity index (χ4v) is 3.28. The molecule has 0 bridgehead atoms. The Hall–Kier alpha value is -0.0000000000000000833. The van der Waals surface area contributed by atoms with E-state index in [9.17, 15) is 8.78 Å². The van der Waals surface area contributed by atoms with E-state index in [0.29, 0.717) is 13.6 Å². The molecule has 0 aliphatic heterocycles. The molecule has 5 heteroatoms. The fraction of sp³-hybridized carbons (Fsp3) is 0.111. The lowest BCUT2D eigenvalue weighted by Gasteiger charge is -2.06. The first-order valence-electron chi connectivity index (χ1n) is 3.74. The van der Waals surface area contributed by atoms with Crippen molar-refractivity contribution in [3.63, 3.8) is 0 Å². The molecule has 1 aromatic carbocycles. The topological polar surface area (TPSA) is 0 Å². The lowest BCUT2D eigenvalue weighted by Crippen LogP contribution is -1.87. The third-order valence-electron chi connectivity index (χ3n) is 1.89. The van der Waals surface area contributed by atoms with E-state index in [0.717, 1.165) is 5.39 Å². The van der Waals surface area contributed by atoms with Gasteiger partial charge in [-0.15, -0.1) is 11.3 Å². The molecule has 0 amide bonds. The van der Waals surface area contributed by atoms with Crippen molar-refractivity contribution in [2.75, 3.05) is 0 Å². The summed E-state index contributed by atoms with van der Waals surface area (Å²) in [5.74, 6) is 0. The monoisotopic (exact) mass is 340 g/mol. The number of alkyl halides is 2. The molecule has 1 heterocycles.